The van der Waals surface area contributed by atoms with E-state index in [0.29, 0.717) is 37.9 Å². The van der Waals surface area contributed by atoms with Crippen LogP contribution >= 0.6 is 11.6 Å². The molecule has 0 radical (unpaired) electrons. The van der Waals surface area contributed by atoms with Gasteiger partial charge >= 0.3 is 5.97 Å². The number of carbonyl (C=O) groups is 1. The highest BCUT2D eigenvalue weighted by Crippen LogP contribution is 2.29. The number of nitrogens with zero attached hydrogens (tertiary/aromatic N) is 3. The van der Waals surface area contributed by atoms with Gasteiger partial charge in [0.15, 0.2) is 0 Å². The SMILES string of the molecule is COC(=O)c1ccc(CN(CC(c2ccc(F)c(Cl)c2)N2CCN(C3COC3)CC2)S(=O)O)c(F)c1. The molecular weight excluding hydrogens is 516 g/mol. The number of benzene rings is 2. The van der Waals surface area contributed by atoms with E-state index in [4.69, 9.17) is 16.3 Å². The molecule has 0 amide bonds. The molecule has 0 bridgehead atoms. The van der Waals surface area contributed by atoms with Crippen LogP contribution in [0.4, 0.5) is 8.78 Å². The van der Waals surface area contributed by atoms with E-state index in [0.717, 1.165) is 19.2 Å². The number of ether oxygens (including phenoxy) is 2. The van der Waals surface area contributed by atoms with Crippen molar-refractivity contribution in [1.82, 2.24) is 14.1 Å². The Morgan fingerprint density at radius 2 is 1.92 bits per heavy atom. The van der Waals surface area contributed by atoms with Crippen LogP contribution in [0.15, 0.2) is 36.4 Å². The molecule has 2 unspecified atom stereocenters. The van der Waals surface area contributed by atoms with Crippen LogP contribution in [0.3, 0.4) is 0 Å². The fraction of sp³-hybridized carbons (Fsp3) is 0.458. The lowest BCUT2D eigenvalue weighted by atomic mass is 10.0. The second-order valence-corrected chi connectivity index (χ2v) is 10.2. The maximum Gasteiger partial charge on any atom is 0.337 e. The van der Waals surface area contributed by atoms with E-state index in [2.05, 4.69) is 14.5 Å². The first-order chi connectivity index (χ1) is 17.3. The minimum absolute atomic E-state index is 0.0381. The molecule has 1 N–H and O–H groups in total. The van der Waals surface area contributed by atoms with Gasteiger partial charge in [-0.05, 0) is 29.8 Å². The molecule has 2 aliphatic rings. The average Bonchev–Trinajstić information content (AvgIpc) is 2.83. The lowest BCUT2D eigenvalue weighted by molar-refractivity contribution is -0.0803. The Kier molecular flexibility index (Phi) is 9.05. The highest BCUT2D eigenvalue weighted by atomic mass is 35.5. The summed E-state index contributed by atoms with van der Waals surface area (Å²) in [7, 11) is 1.20. The molecule has 2 heterocycles. The Bertz CT molecular complexity index is 1120. The average molecular weight is 544 g/mol. The zero-order chi connectivity index (χ0) is 25.8. The van der Waals surface area contributed by atoms with Crippen molar-refractivity contribution in [2.45, 2.75) is 18.6 Å². The van der Waals surface area contributed by atoms with Crippen LogP contribution in [0, 0.1) is 11.6 Å². The number of piperazine rings is 1. The van der Waals surface area contributed by atoms with Crippen molar-refractivity contribution in [3.05, 3.63) is 69.7 Å². The van der Waals surface area contributed by atoms with Gasteiger partial charge in [-0.25, -0.2) is 17.8 Å². The molecule has 196 valence electrons. The van der Waals surface area contributed by atoms with Crippen LogP contribution in [-0.2, 0) is 27.3 Å². The second-order valence-electron chi connectivity index (χ2n) is 8.80. The third-order valence-corrected chi connectivity index (χ3v) is 7.68. The van der Waals surface area contributed by atoms with Crippen LogP contribution in [0.2, 0.25) is 5.02 Å². The van der Waals surface area contributed by atoms with Crippen LogP contribution in [0.1, 0.15) is 27.5 Å². The van der Waals surface area contributed by atoms with Crippen molar-refractivity contribution in [2.24, 2.45) is 0 Å². The van der Waals surface area contributed by atoms with Crippen molar-refractivity contribution in [2.75, 3.05) is 53.0 Å². The van der Waals surface area contributed by atoms with Crippen LogP contribution in [-0.4, -0.2) is 87.9 Å². The molecule has 2 aromatic carbocycles. The van der Waals surface area contributed by atoms with Crippen molar-refractivity contribution in [1.29, 1.82) is 0 Å². The Hall–Kier alpha value is -1.99. The fourth-order valence-corrected chi connectivity index (χ4v) is 5.19. The minimum Gasteiger partial charge on any atom is -0.465 e. The van der Waals surface area contributed by atoms with Gasteiger partial charge in [0.2, 0.25) is 11.3 Å². The third kappa shape index (κ3) is 6.28. The zero-order valence-corrected chi connectivity index (χ0v) is 21.3. The highest BCUT2D eigenvalue weighted by Gasteiger charge is 2.33. The summed E-state index contributed by atoms with van der Waals surface area (Å²) in [5.41, 5.74) is 0.888. The van der Waals surface area contributed by atoms with Crippen molar-refractivity contribution >= 4 is 28.8 Å². The quantitative estimate of drug-likeness (QED) is 0.384. The van der Waals surface area contributed by atoms with Gasteiger partial charge in [0, 0.05) is 50.9 Å². The van der Waals surface area contributed by atoms with E-state index >= 15 is 0 Å². The highest BCUT2D eigenvalue weighted by molar-refractivity contribution is 7.76. The largest absolute Gasteiger partial charge is 0.465 e. The van der Waals surface area contributed by atoms with E-state index in [-0.39, 0.29) is 29.2 Å². The first kappa shape index (κ1) is 27.1. The Balaban J connectivity index is 1.55. The molecule has 0 aromatic heterocycles. The van der Waals surface area contributed by atoms with Crippen LogP contribution < -0.4 is 0 Å². The third-order valence-electron chi connectivity index (χ3n) is 6.67. The summed E-state index contributed by atoms with van der Waals surface area (Å²) in [4.78, 5) is 16.2. The summed E-state index contributed by atoms with van der Waals surface area (Å²) in [6, 6.07) is 8.27. The van der Waals surface area contributed by atoms with Crippen molar-refractivity contribution in [3.8, 4) is 0 Å². The summed E-state index contributed by atoms with van der Waals surface area (Å²) in [5, 5.41) is -0.0381. The normalized spacial score (nSPS) is 19.2. The first-order valence-electron chi connectivity index (χ1n) is 11.5. The zero-order valence-electron chi connectivity index (χ0n) is 19.7. The van der Waals surface area contributed by atoms with E-state index < -0.39 is 34.9 Å². The lowest BCUT2D eigenvalue weighted by Gasteiger charge is -2.45. The Morgan fingerprint density at radius 3 is 2.47 bits per heavy atom. The van der Waals surface area contributed by atoms with Crippen molar-refractivity contribution < 1.29 is 31.8 Å². The molecule has 2 saturated heterocycles. The molecular formula is C24H28ClF2N3O5S. The lowest BCUT2D eigenvalue weighted by Crippen LogP contribution is -2.57. The number of halogens is 3. The molecule has 2 aromatic rings. The predicted octanol–water partition coefficient (Wildman–Crippen LogP) is 3.10. The van der Waals surface area contributed by atoms with Gasteiger partial charge in [-0.15, -0.1) is 0 Å². The van der Waals surface area contributed by atoms with Gasteiger partial charge < -0.3 is 9.47 Å². The van der Waals surface area contributed by atoms with Gasteiger partial charge in [-0.1, -0.05) is 23.7 Å². The summed E-state index contributed by atoms with van der Waals surface area (Å²) >= 11 is 3.64. The second kappa shape index (κ2) is 12.0. The van der Waals surface area contributed by atoms with E-state index in [9.17, 15) is 22.3 Å². The number of rotatable bonds is 9. The first-order valence-corrected chi connectivity index (χ1v) is 12.9. The molecule has 0 saturated carbocycles. The van der Waals surface area contributed by atoms with Crippen molar-refractivity contribution in [3.63, 3.8) is 0 Å². The molecule has 0 aliphatic carbocycles. The molecule has 2 aliphatic heterocycles. The molecule has 12 heteroatoms. The van der Waals surface area contributed by atoms with Gasteiger partial charge in [-0.3, -0.25) is 14.4 Å². The van der Waals surface area contributed by atoms with Crippen LogP contribution in [0.25, 0.3) is 0 Å². The topological polar surface area (TPSA) is 82.5 Å². The number of hydrogen-bond donors (Lipinski definition) is 1. The number of hydrogen-bond acceptors (Lipinski definition) is 6. The number of esters is 1. The summed E-state index contributed by atoms with van der Waals surface area (Å²) in [6.45, 7) is 4.28. The maximum absolute atomic E-state index is 14.7. The molecule has 8 nitrogen and oxygen atoms in total. The van der Waals surface area contributed by atoms with Gasteiger partial charge in [0.1, 0.15) is 11.6 Å². The van der Waals surface area contributed by atoms with Gasteiger partial charge in [-0.2, -0.15) is 4.31 Å². The number of carbonyl (C=O) groups excluding carboxylic acids is 1. The smallest absolute Gasteiger partial charge is 0.337 e. The molecule has 36 heavy (non-hydrogen) atoms. The molecule has 2 fully saturated rings. The maximum atomic E-state index is 14.7. The van der Waals surface area contributed by atoms with E-state index in [1.54, 1.807) is 6.07 Å². The Morgan fingerprint density at radius 1 is 1.19 bits per heavy atom. The monoisotopic (exact) mass is 543 g/mol. The minimum atomic E-state index is -2.43. The van der Waals surface area contributed by atoms with Gasteiger partial charge in [0.05, 0.1) is 37.0 Å². The molecule has 2 atom stereocenters. The number of methoxy groups -OCH3 is 1. The molecule has 4 rings (SSSR count). The summed E-state index contributed by atoms with van der Waals surface area (Å²) in [6.07, 6.45) is 0. The van der Waals surface area contributed by atoms with E-state index in [1.165, 1.54) is 35.7 Å². The van der Waals surface area contributed by atoms with E-state index in [1.807, 2.05) is 0 Å². The van der Waals surface area contributed by atoms with Crippen LogP contribution in [0.5, 0.6) is 0 Å². The predicted molar refractivity (Wildman–Crippen MR) is 131 cm³/mol. The standard InChI is InChI=1S/C24H28ClF2N3O5S/c1-34-24(31)17-2-3-18(22(27)11-17)12-30(36(32)33)13-23(16-4-5-21(26)20(25)10-16)29-8-6-28(7-9-29)19-14-35-15-19/h2-5,10-11,19,23H,6-9,12-15H2,1H3,(H,32,33). The summed E-state index contributed by atoms with van der Waals surface area (Å²) < 4.78 is 62.1. The Labute approximate surface area is 216 Å². The summed E-state index contributed by atoms with van der Waals surface area (Å²) in [5.74, 6) is -1.92. The van der Waals surface area contributed by atoms with Gasteiger partial charge in [0.25, 0.3) is 0 Å². The fourth-order valence-electron chi connectivity index (χ4n) is 4.49. The molecule has 0 spiro atoms.